The number of hydrogen-bond donors (Lipinski definition) is 1. The Balaban J connectivity index is 1.68. The van der Waals surface area contributed by atoms with Crippen molar-refractivity contribution in [1.29, 1.82) is 0 Å². The Kier molecular flexibility index (Phi) is 7.83. The maximum absolute atomic E-state index is 12.8. The van der Waals surface area contributed by atoms with Gasteiger partial charge in [0.1, 0.15) is 5.75 Å². The number of methoxy groups -OCH3 is 4. The van der Waals surface area contributed by atoms with Crippen LogP contribution in [0.15, 0.2) is 41.3 Å². The van der Waals surface area contributed by atoms with E-state index in [4.69, 9.17) is 18.9 Å². The van der Waals surface area contributed by atoms with Crippen molar-refractivity contribution in [1.82, 2.24) is 10.2 Å². The number of nitrogens with one attached hydrogen (secondary N) is 1. The van der Waals surface area contributed by atoms with E-state index in [1.165, 1.54) is 28.4 Å². The maximum Gasteiger partial charge on any atom is 0.293 e. The van der Waals surface area contributed by atoms with Crippen molar-refractivity contribution in [3.05, 3.63) is 52.4 Å². The molecule has 2 aromatic carbocycles. The Morgan fingerprint density at radius 3 is 2.30 bits per heavy atom. The molecule has 33 heavy (non-hydrogen) atoms. The van der Waals surface area contributed by atoms with Gasteiger partial charge in [0.15, 0.2) is 11.5 Å². The largest absolute Gasteiger partial charge is 0.497 e. The van der Waals surface area contributed by atoms with E-state index < -0.39 is 11.1 Å². The highest BCUT2D eigenvalue weighted by atomic mass is 32.2. The van der Waals surface area contributed by atoms with Gasteiger partial charge in [-0.3, -0.25) is 19.3 Å². The van der Waals surface area contributed by atoms with E-state index in [1.54, 1.807) is 42.5 Å². The Bertz CT molecular complexity index is 1070. The van der Waals surface area contributed by atoms with Crippen LogP contribution in [-0.2, 0) is 4.79 Å². The quantitative estimate of drug-likeness (QED) is 0.555. The SMILES string of the molecule is COc1cccc(C(=O)NCCN2C(=O)SC(=Cc3cc(OC)c(OC)c(OC)c3)C2=O)c1. The third-order valence-electron chi connectivity index (χ3n) is 4.81. The van der Waals surface area contributed by atoms with Gasteiger partial charge < -0.3 is 24.3 Å². The smallest absolute Gasteiger partial charge is 0.293 e. The fourth-order valence-electron chi connectivity index (χ4n) is 3.18. The fourth-order valence-corrected chi connectivity index (χ4v) is 4.04. The lowest BCUT2D eigenvalue weighted by atomic mass is 10.1. The van der Waals surface area contributed by atoms with Crippen LogP contribution in [0.4, 0.5) is 4.79 Å². The number of carbonyl (C=O) groups excluding carboxylic acids is 3. The van der Waals surface area contributed by atoms with Crippen LogP contribution < -0.4 is 24.3 Å². The minimum absolute atomic E-state index is 0.0486. The lowest BCUT2D eigenvalue weighted by Crippen LogP contribution is -2.37. The molecule has 174 valence electrons. The summed E-state index contributed by atoms with van der Waals surface area (Å²) in [5, 5.41) is 2.30. The highest BCUT2D eigenvalue weighted by Gasteiger charge is 2.34. The molecule has 3 rings (SSSR count). The lowest BCUT2D eigenvalue weighted by molar-refractivity contribution is -0.122. The van der Waals surface area contributed by atoms with E-state index in [0.717, 1.165) is 16.7 Å². The zero-order valence-electron chi connectivity index (χ0n) is 18.7. The first-order valence-electron chi connectivity index (χ1n) is 9.89. The number of ether oxygens (including phenoxy) is 4. The van der Waals surface area contributed by atoms with Crippen molar-refractivity contribution < 1.29 is 33.3 Å². The molecule has 1 aliphatic rings. The number of thioether (sulfide) groups is 1. The number of hydrogen-bond acceptors (Lipinski definition) is 8. The molecule has 0 aromatic heterocycles. The van der Waals surface area contributed by atoms with Gasteiger partial charge in [-0.1, -0.05) is 6.07 Å². The second-order valence-corrected chi connectivity index (χ2v) is 7.77. The Hall–Kier alpha value is -3.66. The average molecular weight is 473 g/mol. The summed E-state index contributed by atoms with van der Waals surface area (Å²) in [7, 11) is 6.00. The van der Waals surface area contributed by atoms with E-state index in [-0.39, 0.29) is 23.9 Å². The van der Waals surface area contributed by atoms with Crippen molar-refractivity contribution in [2.75, 3.05) is 41.5 Å². The van der Waals surface area contributed by atoms with E-state index in [9.17, 15) is 14.4 Å². The second-order valence-electron chi connectivity index (χ2n) is 6.78. The molecule has 2 aromatic rings. The summed E-state index contributed by atoms with van der Waals surface area (Å²) < 4.78 is 21.1. The Morgan fingerprint density at radius 1 is 1.00 bits per heavy atom. The molecular weight excluding hydrogens is 448 g/mol. The molecule has 0 bridgehead atoms. The molecule has 0 aliphatic carbocycles. The van der Waals surface area contributed by atoms with Gasteiger partial charge in [0.2, 0.25) is 5.75 Å². The predicted molar refractivity (Wildman–Crippen MR) is 124 cm³/mol. The predicted octanol–water partition coefficient (Wildman–Crippen LogP) is 3.19. The van der Waals surface area contributed by atoms with Crippen LogP contribution in [0.3, 0.4) is 0 Å². The van der Waals surface area contributed by atoms with Gasteiger partial charge in [-0.2, -0.15) is 0 Å². The summed E-state index contributed by atoms with van der Waals surface area (Å²) in [5.74, 6) is 1.09. The summed E-state index contributed by atoms with van der Waals surface area (Å²) in [5.41, 5.74) is 1.03. The molecule has 10 heteroatoms. The number of benzene rings is 2. The van der Waals surface area contributed by atoms with Gasteiger partial charge in [-0.15, -0.1) is 0 Å². The van der Waals surface area contributed by atoms with Crippen LogP contribution >= 0.6 is 11.8 Å². The monoisotopic (exact) mass is 472 g/mol. The number of nitrogens with zero attached hydrogens (tertiary/aromatic N) is 1. The molecule has 1 saturated heterocycles. The molecule has 9 nitrogen and oxygen atoms in total. The Labute approximate surface area is 195 Å². The van der Waals surface area contributed by atoms with Crippen molar-refractivity contribution in [3.8, 4) is 23.0 Å². The molecule has 1 fully saturated rings. The van der Waals surface area contributed by atoms with Crippen molar-refractivity contribution in [2.45, 2.75) is 0 Å². The van der Waals surface area contributed by atoms with E-state index in [2.05, 4.69) is 5.32 Å². The van der Waals surface area contributed by atoms with Crippen LogP contribution in [-0.4, -0.2) is 63.5 Å². The van der Waals surface area contributed by atoms with Crippen LogP contribution in [0.2, 0.25) is 0 Å². The van der Waals surface area contributed by atoms with Gasteiger partial charge in [0.05, 0.1) is 33.3 Å². The average Bonchev–Trinajstić information content (AvgIpc) is 3.10. The highest BCUT2D eigenvalue weighted by molar-refractivity contribution is 8.18. The number of amides is 3. The van der Waals surface area contributed by atoms with Crippen LogP contribution in [0, 0.1) is 0 Å². The van der Waals surface area contributed by atoms with Gasteiger partial charge in [-0.25, -0.2) is 0 Å². The molecule has 1 heterocycles. The molecule has 0 unspecified atom stereocenters. The summed E-state index contributed by atoms with van der Waals surface area (Å²) >= 11 is 0.830. The highest BCUT2D eigenvalue weighted by Crippen LogP contribution is 2.40. The molecule has 3 amide bonds. The zero-order chi connectivity index (χ0) is 24.0. The van der Waals surface area contributed by atoms with Gasteiger partial charge >= 0.3 is 0 Å². The zero-order valence-corrected chi connectivity index (χ0v) is 19.5. The normalized spacial score (nSPS) is 14.4. The minimum Gasteiger partial charge on any atom is -0.497 e. The van der Waals surface area contributed by atoms with Crippen LogP contribution in [0.5, 0.6) is 23.0 Å². The molecule has 0 saturated carbocycles. The Morgan fingerprint density at radius 2 is 1.70 bits per heavy atom. The van der Waals surface area contributed by atoms with Crippen molar-refractivity contribution >= 4 is 34.9 Å². The minimum atomic E-state index is -0.436. The number of imide groups is 1. The van der Waals surface area contributed by atoms with E-state index in [1.807, 2.05) is 0 Å². The van der Waals surface area contributed by atoms with Crippen LogP contribution in [0.25, 0.3) is 6.08 Å². The molecule has 0 atom stereocenters. The summed E-state index contributed by atoms with van der Waals surface area (Å²) in [6, 6.07) is 10.1. The molecule has 1 aliphatic heterocycles. The first-order chi connectivity index (χ1) is 15.9. The molecule has 1 N–H and O–H groups in total. The van der Waals surface area contributed by atoms with Crippen molar-refractivity contribution in [2.24, 2.45) is 0 Å². The van der Waals surface area contributed by atoms with Gasteiger partial charge in [0.25, 0.3) is 17.1 Å². The van der Waals surface area contributed by atoms with E-state index >= 15 is 0 Å². The topological polar surface area (TPSA) is 103 Å². The number of rotatable bonds is 9. The first kappa shape index (κ1) is 24.0. The van der Waals surface area contributed by atoms with Gasteiger partial charge in [0, 0.05) is 18.7 Å². The molecule has 0 radical (unpaired) electrons. The third-order valence-corrected chi connectivity index (χ3v) is 5.72. The summed E-state index contributed by atoms with van der Waals surface area (Å²) in [4.78, 5) is 38.8. The number of carbonyl (C=O) groups is 3. The first-order valence-corrected chi connectivity index (χ1v) is 10.7. The standard InChI is InChI=1S/C23H24N2O7S/c1-29-16-7-5-6-15(13-16)21(26)24-8-9-25-22(27)19(33-23(25)28)12-14-10-17(30-2)20(32-4)18(11-14)31-3/h5-7,10-13H,8-9H2,1-4H3,(H,24,26). The molecular formula is C23H24N2O7S. The summed E-state index contributed by atoms with van der Waals surface area (Å²) in [6.07, 6.45) is 1.59. The molecule has 0 spiro atoms. The van der Waals surface area contributed by atoms with E-state index in [0.29, 0.717) is 34.1 Å². The van der Waals surface area contributed by atoms with Gasteiger partial charge in [-0.05, 0) is 53.7 Å². The second kappa shape index (κ2) is 10.8. The fraction of sp³-hybridized carbons (Fsp3) is 0.261. The lowest BCUT2D eigenvalue weighted by Gasteiger charge is -2.14. The maximum atomic E-state index is 12.8. The van der Waals surface area contributed by atoms with Crippen LogP contribution in [0.1, 0.15) is 15.9 Å². The third kappa shape index (κ3) is 5.40. The van der Waals surface area contributed by atoms with Crippen molar-refractivity contribution in [3.63, 3.8) is 0 Å². The summed E-state index contributed by atoms with van der Waals surface area (Å²) in [6.45, 7) is 0.165.